The fourth-order valence-corrected chi connectivity index (χ4v) is 3.56. The first-order chi connectivity index (χ1) is 13.9. The van der Waals surface area contributed by atoms with E-state index in [1.54, 1.807) is 7.11 Å². The van der Waals surface area contributed by atoms with E-state index in [9.17, 15) is 8.42 Å². The average molecular weight is 546 g/mol. The van der Waals surface area contributed by atoms with Gasteiger partial charge in [-0.2, -0.15) is 0 Å². The Kier molecular flexibility index (Phi) is 11.7. The summed E-state index contributed by atoms with van der Waals surface area (Å²) in [5.74, 6) is 1.31. The SMILES string of the molecule is CCNC(=NCc1ccc(C)cc1OC)NCCS(=O)(=O)NCc1ccccc1.I. The number of ether oxygens (including phenoxy) is 1. The van der Waals surface area contributed by atoms with Gasteiger partial charge in [0.25, 0.3) is 0 Å². The second-order valence-electron chi connectivity index (χ2n) is 6.56. The molecule has 0 aliphatic carbocycles. The minimum atomic E-state index is -3.39. The van der Waals surface area contributed by atoms with Gasteiger partial charge in [-0.15, -0.1) is 24.0 Å². The highest BCUT2D eigenvalue weighted by Crippen LogP contribution is 2.20. The van der Waals surface area contributed by atoms with Gasteiger partial charge in [0, 0.05) is 25.2 Å². The van der Waals surface area contributed by atoms with Crippen molar-refractivity contribution in [3.8, 4) is 5.75 Å². The lowest BCUT2D eigenvalue weighted by atomic mass is 10.1. The molecule has 2 aromatic carbocycles. The van der Waals surface area contributed by atoms with Crippen molar-refractivity contribution in [2.24, 2.45) is 4.99 Å². The Morgan fingerprint density at radius 3 is 2.50 bits per heavy atom. The number of methoxy groups -OCH3 is 1. The molecule has 2 aromatic rings. The molecule has 3 N–H and O–H groups in total. The van der Waals surface area contributed by atoms with Crippen molar-refractivity contribution in [2.75, 3.05) is 26.0 Å². The molecule has 0 bridgehead atoms. The van der Waals surface area contributed by atoms with Gasteiger partial charge < -0.3 is 15.4 Å². The van der Waals surface area contributed by atoms with Crippen LogP contribution in [0, 0.1) is 6.92 Å². The summed E-state index contributed by atoms with van der Waals surface area (Å²) in [6, 6.07) is 15.4. The Morgan fingerprint density at radius 1 is 1.10 bits per heavy atom. The zero-order chi connectivity index (χ0) is 21.1. The van der Waals surface area contributed by atoms with Crippen LogP contribution in [0.2, 0.25) is 0 Å². The summed E-state index contributed by atoms with van der Waals surface area (Å²) < 4.78 is 32.4. The molecule has 9 heteroatoms. The number of aliphatic imine (C=N–C) groups is 1. The fourth-order valence-electron chi connectivity index (χ4n) is 2.65. The molecular weight excluding hydrogens is 515 g/mol. The van der Waals surface area contributed by atoms with Crippen molar-refractivity contribution in [2.45, 2.75) is 26.9 Å². The molecule has 0 heterocycles. The van der Waals surface area contributed by atoms with Crippen LogP contribution in [-0.2, 0) is 23.1 Å². The highest BCUT2D eigenvalue weighted by molar-refractivity contribution is 14.0. The van der Waals surface area contributed by atoms with Gasteiger partial charge in [0.05, 0.1) is 19.4 Å². The lowest BCUT2D eigenvalue weighted by Crippen LogP contribution is -2.41. The molecule has 0 aliphatic heterocycles. The number of rotatable bonds is 10. The molecule has 0 atom stereocenters. The normalized spacial score (nSPS) is 11.5. The van der Waals surface area contributed by atoms with Gasteiger partial charge in [-0.25, -0.2) is 18.1 Å². The molecule has 7 nitrogen and oxygen atoms in total. The number of hydrogen-bond donors (Lipinski definition) is 3. The molecule has 30 heavy (non-hydrogen) atoms. The van der Waals surface area contributed by atoms with Gasteiger partial charge in [-0.3, -0.25) is 0 Å². The minimum Gasteiger partial charge on any atom is -0.496 e. The lowest BCUT2D eigenvalue weighted by molar-refractivity contribution is 0.409. The molecule has 0 unspecified atom stereocenters. The van der Waals surface area contributed by atoms with Crippen LogP contribution in [-0.4, -0.2) is 40.3 Å². The van der Waals surface area contributed by atoms with Crippen LogP contribution in [0.3, 0.4) is 0 Å². The van der Waals surface area contributed by atoms with Gasteiger partial charge >= 0.3 is 0 Å². The Hall–Kier alpha value is -1.85. The average Bonchev–Trinajstić information content (AvgIpc) is 2.72. The van der Waals surface area contributed by atoms with Crippen molar-refractivity contribution < 1.29 is 13.2 Å². The van der Waals surface area contributed by atoms with E-state index in [2.05, 4.69) is 20.3 Å². The maximum Gasteiger partial charge on any atom is 0.213 e. The number of aryl methyl sites for hydroxylation is 1. The summed E-state index contributed by atoms with van der Waals surface area (Å²) in [6.45, 7) is 5.61. The molecule has 0 aromatic heterocycles. The summed E-state index contributed by atoms with van der Waals surface area (Å²) in [6.07, 6.45) is 0. The van der Waals surface area contributed by atoms with Crippen LogP contribution < -0.4 is 20.1 Å². The zero-order valence-electron chi connectivity index (χ0n) is 17.6. The van der Waals surface area contributed by atoms with Crippen LogP contribution in [0.1, 0.15) is 23.6 Å². The van der Waals surface area contributed by atoms with E-state index in [0.717, 1.165) is 22.4 Å². The van der Waals surface area contributed by atoms with E-state index in [4.69, 9.17) is 4.74 Å². The molecule has 0 spiro atoms. The Labute approximate surface area is 196 Å². The van der Waals surface area contributed by atoms with E-state index < -0.39 is 10.0 Å². The number of halogens is 1. The van der Waals surface area contributed by atoms with E-state index in [1.165, 1.54) is 0 Å². The summed E-state index contributed by atoms with van der Waals surface area (Å²) in [5, 5.41) is 6.20. The van der Waals surface area contributed by atoms with Crippen LogP contribution in [0.25, 0.3) is 0 Å². The quantitative estimate of drug-likeness (QED) is 0.242. The second kappa shape index (κ2) is 13.5. The largest absolute Gasteiger partial charge is 0.496 e. The Morgan fingerprint density at radius 2 is 1.83 bits per heavy atom. The predicted octanol–water partition coefficient (Wildman–Crippen LogP) is 2.80. The van der Waals surface area contributed by atoms with E-state index in [-0.39, 0.29) is 42.8 Å². The molecule has 0 saturated heterocycles. The second-order valence-corrected chi connectivity index (χ2v) is 8.49. The highest BCUT2D eigenvalue weighted by atomic mass is 127. The van der Waals surface area contributed by atoms with Gasteiger partial charge in [-0.05, 0) is 31.0 Å². The molecule has 0 aliphatic rings. The van der Waals surface area contributed by atoms with Gasteiger partial charge in [0.2, 0.25) is 10.0 Å². The monoisotopic (exact) mass is 546 g/mol. The van der Waals surface area contributed by atoms with E-state index >= 15 is 0 Å². The molecule has 0 saturated carbocycles. The third-order valence-corrected chi connectivity index (χ3v) is 5.52. The zero-order valence-corrected chi connectivity index (χ0v) is 20.8. The van der Waals surface area contributed by atoms with Crippen LogP contribution in [0.15, 0.2) is 53.5 Å². The van der Waals surface area contributed by atoms with Crippen LogP contribution in [0.5, 0.6) is 5.75 Å². The van der Waals surface area contributed by atoms with E-state index in [1.807, 2.05) is 62.4 Å². The van der Waals surface area contributed by atoms with Gasteiger partial charge in [-0.1, -0.05) is 42.5 Å². The lowest BCUT2D eigenvalue weighted by Gasteiger charge is -2.13. The van der Waals surface area contributed by atoms with Crippen molar-refractivity contribution in [1.29, 1.82) is 0 Å². The summed E-state index contributed by atoms with van der Waals surface area (Å²) >= 11 is 0. The third-order valence-electron chi connectivity index (χ3n) is 4.20. The van der Waals surface area contributed by atoms with E-state index in [0.29, 0.717) is 19.0 Å². The molecule has 0 radical (unpaired) electrons. The Bertz CT molecular complexity index is 906. The molecule has 2 rings (SSSR count). The van der Waals surface area contributed by atoms with Crippen LogP contribution in [0.4, 0.5) is 0 Å². The number of nitrogens with one attached hydrogen (secondary N) is 3. The number of guanidine groups is 1. The number of hydrogen-bond acceptors (Lipinski definition) is 4. The van der Waals surface area contributed by atoms with Gasteiger partial charge in [0.15, 0.2) is 5.96 Å². The number of sulfonamides is 1. The predicted molar refractivity (Wildman–Crippen MR) is 133 cm³/mol. The first-order valence-electron chi connectivity index (χ1n) is 9.60. The van der Waals surface area contributed by atoms with Crippen molar-refractivity contribution in [3.63, 3.8) is 0 Å². The van der Waals surface area contributed by atoms with Crippen molar-refractivity contribution in [3.05, 3.63) is 65.2 Å². The number of benzene rings is 2. The summed E-state index contributed by atoms with van der Waals surface area (Å²) in [7, 11) is -1.75. The Balaban J connectivity index is 0.00000450. The fraction of sp³-hybridized carbons (Fsp3) is 0.381. The molecule has 0 amide bonds. The molecular formula is C21H31IN4O3S. The highest BCUT2D eigenvalue weighted by Gasteiger charge is 2.10. The van der Waals surface area contributed by atoms with Crippen LogP contribution >= 0.6 is 24.0 Å². The van der Waals surface area contributed by atoms with Crippen molar-refractivity contribution in [1.82, 2.24) is 15.4 Å². The maximum absolute atomic E-state index is 12.2. The molecule has 0 fully saturated rings. The topological polar surface area (TPSA) is 91.8 Å². The smallest absolute Gasteiger partial charge is 0.213 e. The van der Waals surface area contributed by atoms with Gasteiger partial charge in [0.1, 0.15) is 5.75 Å². The first kappa shape index (κ1) is 26.2. The summed E-state index contributed by atoms with van der Waals surface area (Å²) in [5.41, 5.74) is 3.01. The third kappa shape index (κ3) is 9.31. The minimum absolute atomic E-state index is 0. The van der Waals surface area contributed by atoms with Crippen molar-refractivity contribution >= 4 is 40.0 Å². The number of nitrogens with zero attached hydrogens (tertiary/aromatic N) is 1. The molecule has 166 valence electrons. The summed E-state index contributed by atoms with van der Waals surface area (Å²) in [4.78, 5) is 4.53. The maximum atomic E-state index is 12.2. The first-order valence-corrected chi connectivity index (χ1v) is 11.3. The standard InChI is InChI=1S/C21H30N4O3S.HI/c1-4-22-21(24-16-19-11-10-17(2)14-20(19)28-3)23-12-13-29(26,27)25-15-18-8-6-5-7-9-18;/h5-11,14,25H,4,12-13,15-16H2,1-3H3,(H2,22,23,24);1H.